The van der Waals surface area contributed by atoms with Gasteiger partial charge in [-0.1, -0.05) is 38.8 Å². The molecule has 0 aliphatic carbocycles. The molecular formula is C14H23ClN2. The molecule has 1 N–H and O–H groups in total. The van der Waals surface area contributed by atoms with Gasteiger partial charge in [0.2, 0.25) is 0 Å². The molecule has 96 valence electrons. The number of nitrogens with zero attached hydrogens (tertiary/aromatic N) is 1. The van der Waals surface area contributed by atoms with E-state index in [-0.39, 0.29) is 0 Å². The Morgan fingerprint density at radius 2 is 2.18 bits per heavy atom. The number of likely N-dealkylation sites (N-methyl/N-ethyl adjacent to an activating group) is 1. The Balaban J connectivity index is 2.63. The lowest BCUT2D eigenvalue weighted by Crippen LogP contribution is -2.32. The van der Waals surface area contributed by atoms with Crippen molar-refractivity contribution in [2.24, 2.45) is 5.92 Å². The molecule has 1 aromatic rings. The molecule has 0 aliphatic rings. The molecule has 1 rings (SSSR count). The molecule has 2 unspecified atom stereocenters. The van der Waals surface area contributed by atoms with E-state index in [1.165, 1.54) is 18.4 Å². The average Bonchev–Trinajstić information content (AvgIpc) is 2.32. The molecular weight excluding hydrogens is 232 g/mol. The molecule has 0 radical (unpaired) electrons. The van der Waals surface area contributed by atoms with Gasteiger partial charge in [-0.15, -0.1) is 0 Å². The smallest absolute Gasteiger partial charge is 0.0621 e. The van der Waals surface area contributed by atoms with Crippen LogP contribution in [0.15, 0.2) is 18.5 Å². The summed E-state index contributed by atoms with van der Waals surface area (Å²) in [5.74, 6) is 0.750. The summed E-state index contributed by atoms with van der Waals surface area (Å²) in [5, 5.41) is 4.32. The van der Waals surface area contributed by atoms with Gasteiger partial charge in [-0.2, -0.15) is 0 Å². The second-order valence-electron chi connectivity index (χ2n) is 4.67. The minimum Gasteiger partial charge on any atom is -0.314 e. The van der Waals surface area contributed by atoms with E-state index >= 15 is 0 Å². The van der Waals surface area contributed by atoms with Crippen LogP contribution < -0.4 is 5.32 Å². The maximum atomic E-state index is 6.15. The zero-order chi connectivity index (χ0) is 12.7. The van der Waals surface area contributed by atoms with E-state index in [4.69, 9.17) is 11.6 Å². The van der Waals surface area contributed by atoms with Crippen molar-refractivity contribution >= 4 is 11.6 Å². The first kappa shape index (κ1) is 14.5. The predicted octanol–water partition coefficient (Wildman–Crippen LogP) is 3.69. The largest absolute Gasteiger partial charge is 0.314 e. The Kier molecular flexibility index (Phi) is 6.53. The van der Waals surface area contributed by atoms with Crippen molar-refractivity contribution in [1.82, 2.24) is 10.3 Å². The lowest BCUT2D eigenvalue weighted by atomic mass is 9.95. The lowest BCUT2D eigenvalue weighted by molar-refractivity contribution is 0.397. The second-order valence-corrected chi connectivity index (χ2v) is 5.08. The summed E-state index contributed by atoms with van der Waals surface area (Å²) in [6, 6.07) is 2.53. The highest BCUT2D eigenvalue weighted by atomic mass is 35.5. The van der Waals surface area contributed by atoms with Gasteiger partial charge in [0, 0.05) is 18.4 Å². The highest BCUT2D eigenvalue weighted by molar-refractivity contribution is 6.31. The molecule has 0 saturated heterocycles. The minimum atomic E-state index is 0.509. The first-order valence-corrected chi connectivity index (χ1v) is 6.86. The molecule has 0 bridgehead atoms. The fraction of sp³-hybridized carbons (Fsp3) is 0.643. The van der Waals surface area contributed by atoms with E-state index in [2.05, 4.69) is 31.1 Å². The van der Waals surface area contributed by atoms with Gasteiger partial charge in [0.25, 0.3) is 0 Å². The normalized spacial score (nSPS) is 14.6. The van der Waals surface area contributed by atoms with E-state index in [1.807, 2.05) is 12.3 Å². The number of aromatic nitrogens is 1. The van der Waals surface area contributed by atoms with Gasteiger partial charge in [-0.3, -0.25) is 4.98 Å². The van der Waals surface area contributed by atoms with Crippen LogP contribution in [0.1, 0.15) is 39.2 Å². The van der Waals surface area contributed by atoms with E-state index in [0.717, 1.165) is 23.9 Å². The fourth-order valence-electron chi connectivity index (χ4n) is 2.01. The number of nitrogens with one attached hydrogen (secondary N) is 1. The Hall–Kier alpha value is -0.600. The number of rotatable bonds is 7. The highest BCUT2D eigenvalue weighted by Gasteiger charge is 2.13. The van der Waals surface area contributed by atoms with Crippen LogP contribution >= 0.6 is 11.6 Å². The van der Waals surface area contributed by atoms with Gasteiger partial charge in [0.05, 0.1) is 5.02 Å². The van der Waals surface area contributed by atoms with Gasteiger partial charge >= 0.3 is 0 Å². The van der Waals surface area contributed by atoms with Crippen molar-refractivity contribution in [2.45, 2.75) is 46.1 Å². The van der Waals surface area contributed by atoms with Gasteiger partial charge in [0.1, 0.15) is 0 Å². The summed E-state index contributed by atoms with van der Waals surface area (Å²) in [6.45, 7) is 7.70. The summed E-state index contributed by atoms with van der Waals surface area (Å²) >= 11 is 6.15. The van der Waals surface area contributed by atoms with Gasteiger partial charge < -0.3 is 5.32 Å². The lowest BCUT2D eigenvalue weighted by Gasteiger charge is -2.21. The molecule has 0 fully saturated rings. The van der Waals surface area contributed by atoms with E-state index in [0.29, 0.717) is 6.04 Å². The molecule has 3 heteroatoms. The number of hydrogen-bond donors (Lipinski definition) is 1. The summed E-state index contributed by atoms with van der Waals surface area (Å²) in [5.41, 5.74) is 1.19. The van der Waals surface area contributed by atoms with Crippen LogP contribution in [-0.4, -0.2) is 17.6 Å². The van der Waals surface area contributed by atoms with E-state index in [1.54, 1.807) is 6.20 Å². The van der Waals surface area contributed by atoms with Crippen molar-refractivity contribution < 1.29 is 0 Å². The Morgan fingerprint density at radius 1 is 1.41 bits per heavy atom. The zero-order valence-electron chi connectivity index (χ0n) is 11.0. The van der Waals surface area contributed by atoms with Crippen molar-refractivity contribution in [3.05, 3.63) is 29.0 Å². The first-order valence-electron chi connectivity index (χ1n) is 6.49. The SMILES string of the molecule is CCNC(Cc1ccncc1Cl)CC(C)CC. The molecule has 0 amide bonds. The fourth-order valence-corrected chi connectivity index (χ4v) is 2.21. The summed E-state index contributed by atoms with van der Waals surface area (Å²) in [6.07, 6.45) is 6.95. The molecule has 2 atom stereocenters. The number of hydrogen-bond acceptors (Lipinski definition) is 2. The summed E-state index contributed by atoms with van der Waals surface area (Å²) in [4.78, 5) is 4.02. The average molecular weight is 255 g/mol. The summed E-state index contributed by atoms with van der Waals surface area (Å²) in [7, 11) is 0. The van der Waals surface area contributed by atoms with Crippen molar-refractivity contribution in [1.29, 1.82) is 0 Å². The summed E-state index contributed by atoms with van der Waals surface area (Å²) < 4.78 is 0. The Labute approximate surface area is 110 Å². The van der Waals surface area contributed by atoms with Crippen LogP contribution in [0.5, 0.6) is 0 Å². The van der Waals surface area contributed by atoms with Crippen molar-refractivity contribution in [3.63, 3.8) is 0 Å². The molecule has 0 spiro atoms. The maximum absolute atomic E-state index is 6.15. The monoisotopic (exact) mass is 254 g/mol. The van der Waals surface area contributed by atoms with Gasteiger partial charge in [-0.25, -0.2) is 0 Å². The zero-order valence-corrected chi connectivity index (χ0v) is 11.8. The molecule has 17 heavy (non-hydrogen) atoms. The minimum absolute atomic E-state index is 0.509. The predicted molar refractivity (Wildman–Crippen MR) is 74.5 cm³/mol. The maximum Gasteiger partial charge on any atom is 0.0621 e. The third-order valence-electron chi connectivity index (χ3n) is 3.20. The molecule has 1 aromatic heterocycles. The van der Waals surface area contributed by atoms with Crippen LogP contribution in [0.25, 0.3) is 0 Å². The van der Waals surface area contributed by atoms with E-state index in [9.17, 15) is 0 Å². The number of pyridine rings is 1. The third-order valence-corrected chi connectivity index (χ3v) is 3.54. The van der Waals surface area contributed by atoms with Crippen LogP contribution in [0.4, 0.5) is 0 Å². The van der Waals surface area contributed by atoms with Crippen LogP contribution in [-0.2, 0) is 6.42 Å². The first-order chi connectivity index (χ1) is 8.17. The Bertz CT molecular complexity index is 328. The van der Waals surface area contributed by atoms with Crippen LogP contribution in [0.3, 0.4) is 0 Å². The van der Waals surface area contributed by atoms with E-state index < -0.39 is 0 Å². The molecule has 0 aromatic carbocycles. The number of halogens is 1. The van der Waals surface area contributed by atoms with Gasteiger partial charge in [0.15, 0.2) is 0 Å². The quantitative estimate of drug-likeness (QED) is 0.803. The second kappa shape index (κ2) is 7.67. The van der Waals surface area contributed by atoms with Crippen molar-refractivity contribution in [2.75, 3.05) is 6.54 Å². The standard InChI is InChI=1S/C14H23ClN2/c1-4-11(3)8-13(17-5-2)9-12-6-7-16-10-14(12)15/h6-7,10-11,13,17H,4-5,8-9H2,1-3H3. The highest BCUT2D eigenvalue weighted by Crippen LogP contribution is 2.19. The van der Waals surface area contributed by atoms with Crippen LogP contribution in [0, 0.1) is 5.92 Å². The molecule has 1 heterocycles. The van der Waals surface area contributed by atoms with Crippen LogP contribution in [0.2, 0.25) is 5.02 Å². The van der Waals surface area contributed by atoms with Gasteiger partial charge in [-0.05, 0) is 36.9 Å². The molecule has 0 aliphatic heterocycles. The molecule has 0 saturated carbocycles. The Morgan fingerprint density at radius 3 is 2.76 bits per heavy atom. The third kappa shape index (κ3) is 5.05. The topological polar surface area (TPSA) is 24.9 Å². The molecule has 2 nitrogen and oxygen atoms in total. The van der Waals surface area contributed by atoms with Crippen molar-refractivity contribution in [3.8, 4) is 0 Å².